The van der Waals surface area contributed by atoms with E-state index < -0.39 is 16.6 Å². The number of fused-ring (bicyclic) bond motifs is 2. The SMILES string of the molecule is CC(=O)OCC[C@@]1(CO)CC[C@]2(O1)[C@@H](C)CC[C@H]1[C@@](C)(CO)[C@@H](OC(C)=O)CC[C@@]12C. The van der Waals surface area contributed by atoms with E-state index in [9.17, 15) is 19.8 Å². The highest BCUT2D eigenvalue weighted by atomic mass is 16.6. The van der Waals surface area contributed by atoms with Crippen molar-refractivity contribution in [2.75, 3.05) is 19.8 Å². The van der Waals surface area contributed by atoms with Crippen LogP contribution in [0.15, 0.2) is 0 Å². The molecule has 31 heavy (non-hydrogen) atoms. The summed E-state index contributed by atoms with van der Waals surface area (Å²) in [6, 6.07) is 0. The average Bonchev–Trinajstić information content (AvgIpc) is 3.10. The normalized spacial score (nSPS) is 44.7. The van der Waals surface area contributed by atoms with Crippen molar-refractivity contribution in [3.05, 3.63) is 0 Å². The quantitative estimate of drug-likeness (QED) is 0.612. The molecule has 7 heteroatoms. The summed E-state index contributed by atoms with van der Waals surface area (Å²) in [7, 11) is 0. The molecule has 178 valence electrons. The summed E-state index contributed by atoms with van der Waals surface area (Å²) in [6.07, 6.45) is 5.09. The lowest BCUT2D eigenvalue weighted by atomic mass is 9.43. The van der Waals surface area contributed by atoms with Crippen LogP contribution in [-0.2, 0) is 23.8 Å². The monoisotopic (exact) mass is 440 g/mol. The third-order valence-electron chi connectivity index (χ3n) is 9.03. The van der Waals surface area contributed by atoms with E-state index >= 15 is 0 Å². The molecule has 0 aromatic heterocycles. The van der Waals surface area contributed by atoms with Gasteiger partial charge in [0.2, 0.25) is 0 Å². The Morgan fingerprint density at radius 2 is 1.71 bits per heavy atom. The Balaban J connectivity index is 1.93. The van der Waals surface area contributed by atoms with Crippen molar-refractivity contribution in [1.82, 2.24) is 0 Å². The standard InChI is InChI=1S/C24H40O7/c1-16-6-7-19-21(4,14-25)20(30-18(3)28)8-9-22(19,5)24(16)11-10-23(15-26,31-24)12-13-29-17(2)27/h16,19-20,25-26H,6-15H2,1-5H3/t16-,19-,20-,21+,22-,23+,24-/m0/s1. The number of hydrogen-bond acceptors (Lipinski definition) is 7. The summed E-state index contributed by atoms with van der Waals surface area (Å²) in [5, 5.41) is 20.8. The van der Waals surface area contributed by atoms with Crippen molar-refractivity contribution in [3.8, 4) is 0 Å². The number of aliphatic hydroxyl groups is 2. The van der Waals surface area contributed by atoms with E-state index in [4.69, 9.17) is 14.2 Å². The molecule has 0 radical (unpaired) electrons. The maximum atomic E-state index is 11.7. The number of hydrogen-bond donors (Lipinski definition) is 2. The molecule has 1 spiro atoms. The van der Waals surface area contributed by atoms with Gasteiger partial charge in [-0.2, -0.15) is 0 Å². The Labute approximate surface area is 185 Å². The smallest absolute Gasteiger partial charge is 0.302 e. The van der Waals surface area contributed by atoms with Crippen molar-refractivity contribution >= 4 is 11.9 Å². The van der Waals surface area contributed by atoms with Gasteiger partial charge in [-0.25, -0.2) is 0 Å². The van der Waals surface area contributed by atoms with Crippen LogP contribution in [-0.4, -0.2) is 59.3 Å². The Hall–Kier alpha value is -1.18. The summed E-state index contributed by atoms with van der Waals surface area (Å²) in [5.74, 6) is -0.221. The van der Waals surface area contributed by atoms with Gasteiger partial charge in [-0.05, 0) is 50.4 Å². The van der Waals surface area contributed by atoms with E-state index in [2.05, 4.69) is 13.8 Å². The number of rotatable bonds is 6. The summed E-state index contributed by atoms with van der Waals surface area (Å²) in [6.45, 7) is 9.42. The molecule has 1 heterocycles. The van der Waals surface area contributed by atoms with Crippen LogP contribution in [0.3, 0.4) is 0 Å². The van der Waals surface area contributed by atoms with Gasteiger partial charge in [-0.3, -0.25) is 9.59 Å². The minimum absolute atomic E-state index is 0.0484. The third kappa shape index (κ3) is 3.91. The Kier molecular flexibility index (Phi) is 6.82. The molecule has 1 saturated heterocycles. The predicted octanol–water partition coefficient (Wildman–Crippen LogP) is 3.00. The van der Waals surface area contributed by atoms with Gasteiger partial charge in [-0.1, -0.05) is 20.8 Å². The van der Waals surface area contributed by atoms with Crippen LogP contribution in [0.5, 0.6) is 0 Å². The molecule has 2 aliphatic carbocycles. The van der Waals surface area contributed by atoms with Gasteiger partial charge in [-0.15, -0.1) is 0 Å². The fourth-order valence-corrected chi connectivity index (χ4v) is 7.26. The molecule has 7 nitrogen and oxygen atoms in total. The molecule has 3 rings (SSSR count). The summed E-state index contributed by atoms with van der Waals surface area (Å²) in [5.41, 5.74) is -1.93. The number of carbonyl (C=O) groups is 2. The molecule has 2 saturated carbocycles. The highest BCUT2D eigenvalue weighted by Gasteiger charge is 2.69. The predicted molar refractivity (Wildman–Crippen MR) is 114 cm³/mol. The second kappa shape index (κ2) is 8.64. The van der Waals surface area contributed by atoms with Crippen LogP contribution in [0.4, 0.5) is 0 Å². The Bertz CT molecular complexity index is 695. The van der Waals surface area contributed by atoms with Crippen LogP contribution < -0.4 is 0 Å². The van der Waals surface area contributed by atoms with Gasteiger partial charge in [0, 0.05) is 31.1 Å². The maximum absolute atomic E-state index is 11.7. The molecule has 0 unspecified atom stereocenters. The molecule has 0 amide bonds. The number of esters is 2. The van der Waals surface area contributed by atoms with Crippen LogP contribution in [0, 0.1) is 22.7 Å². The average molecular weight is 441 g/mol. The molecular weight excluding hydrogens is 400 g/mol. The first-order chi connectivity index (χ1) is 14.5. The van der Waals surface area contributed by atoms with E-state index in [1.165, 1.54) is 13.8 Å². The summed E-state index contributed by atoms with van der Waals surface area (Å²) >= 11 is 0. The fraction of sp³-hybridized carbons (Fsp3) is 0.917. The maximum Gasteiger partial charge on any atom is 0.302 e. The fourth-order valence-electron chi connectivity index (χ4n) is 7.26. The first-order valence-corrected chi connectivity index (χ1v) is 11.7. The summed E-state index contributed by atoms with van der Waals surface area (Å²) < 4.78 is 17.8. The van der Waals surface area contributed by atoms with Crippen LogP contribution >= 0.6 is 0 Å². The van der Waals surface area contributed by atoms with Crippen LogP contribution in [0.25, 0.3) is 0 Å². The lowest BCUT2D eigenvalue weighted by Crippen LogP contribution is -2.66. The first-order valence-electron chi connectivity index (χ1n) is 11.7. The van der Waals surface area contributed by atoms with Gasteiger partial charge in [0.1, 0.15) is 6.10 Å². The topological polar surface area (TPSA) is 102 Å². The zero-order valence-electron chi connectivity index (χ0n) is 19.7. The molecule has 0 aromatic carbocycles. The highest BCUT2D eigenvalue weighted by Crippen LogP contribution is 2.68. The van der Waals surface area contributed by atoms with Crippen molar-refractivity contribution in [3.63, 3.8) is 0 Å². The van der Waals surface area contributed by atoms with Gasteiger partial charge in [0.05, 0.1) is 31.0 Å². The lowest BCUT2D eigenvalue weighted by Gasteiger charge is -2.65. The molecule has 0 bridgehead atoms. The lowest BCUT2D eigenvalue weighted by molar-refractivity contribution is -0.274. The van der Waals surface area contributed by atoms with E-state index in [1.807, 2.05) is 6.92 Å². The van der Waals surface area contributed by atoms with E-state index in [0.717, 1.165) is 25.7 Å². The number of ether oxygens (including phenoxy) is 3. The molecule has 0 aromatic rings. The molecule has 7 atom stereocenters. The third-order valence-corrected chi connectivity index (χ3v) is 9.03. The zero-order chi connectivity index (χ0) is 23.1. The van der Waals surface area contributed by atoms with Crippen molar-refractivity contribution in [2.24, 2.45) is 22.7 Å². The van der Waals surface area contributed by atoms with E-state index in [-0.39, 0.29) is 49.2 Å². The minimum atomic E-state index is -0.725. The first kappa shape index (κ1) is 24.5. The molecule has 3 fully saturated rings. The minimum Gasteiger partial charge on any atom is -0.466 e. The van der Waals surface area contributed by atoms with Gasteiger partial charge in [0.15, 0.2) is 0 Å². The highest BCUT2D eigenvalue weighted by molar-refractivity contribution is 5.66. The second-order valence-electron chi connectivity index (χ2n) is 10.7. The van der Waals surface area contributed by atoms with E-state index in [0.29, 0.717) is 25.2 Å². The van der Waals surface area contributed by atoms with Crippen LogP contribution in [0.2, 0.25) is 0 Å². The summed E-state index contributed by atoms with van der Waals surface area (Å²) in [4.78, 5) is 23.0. The van der Waals surface area contributed by atoms with Gasteiger partial charge >= 0.3 is 11.9 Å². The molecule has 2 N–H and O–H groups in total. The van der Waals surface area contributed by atoms with Crippen molar-refractivity contribution < 1.29 is 34.0 Å². The molecule has 3 aliphatic rings. The van der Waals surface area contributed by atoms with Crippen molar-refractivity contribution in [1.29, 1.82) is 0 Å². The van der Waals surface area contributed by atoms with Gasteiger partial charge < -0.3 is 24.4 Å². The number of carbonyl (C=O) groups excluding carboxylic acids is 2. The second-order valence-corrected chi connectivity index (χ2v) is 10.7. The molecular formula is C24H40O7. The largest absolute Gasteiger partial charge is 0.466 e. The van der Waals surface area contributed by atoms with Crippen molar-refractivity contribution in [2.45, 2.75) is 96.9 Å². The Morgan fingerprint density at radius 1 is 1.00 bits per heavy atom. The molecule has 1 aliphatic heterocycles. The number of aliphatic hydroxyl groups excluding tert-OH is 2. The van der Waals surface area contributed by atoms with E-state index in [1.54, 1.807) is 0 Å². The Morgan fingerprint density at radius 3 is 2.29 bits per heavy atom. The zero-order valence-corrected chi connectivity index (χ0v) is 19.7. The van der Waals surface area contributed by atoms with Crippen LogP contribution in [0.1, 0.15) is 79.6 Å². The van der Waals surface area contributed by atoms with Gasteiger partial charge in [0.25, 0.3) is 0 Å².